The Labute approximate surface area is 117 Å². The van der Waals surface area contributed by atoms with E-state index in [0.29, 0.717) is 0 Å². The lowest BCUT2D eigenvalue weighted by molar-refractivity contribution is -0.274. The lowest BCUT2D eigenvalue weighted by Gasteiger charge is -2.14. The molecule has 0 N–H and O–H groups in total. The van der Waals surface area contributed by atoms with Gasteiger partial charge in [-0.1, -0.05) is 17.7 Å². The fourth-order valence-corrected chi connectivity index (χ4v) is 1.78. The molecular formula is C13H7ClF3NO2. The third-order valence-corrected chi connectivity index (χ3v) is 2.67. The fourth-order valence-electron chi connectivity index (χ4n) is 1.57. The minimum atomic E-state index is -4.93. The van der Waals surface area contributed by atoms with Gasteiger partial charge in [0.1, 0.15) is 0 Å². The van der Waals surface area contributed by atoms with Gasteiger partial charge < -0.3 is 4.74 Å². The van der Waals surface area contributed by atoms with E-state index in [1.807, 2.05) is 0 Å². The van der Waals surface area contributed by atoms with Crippen molar-refractivity contribution >= 4 is 17.4 Å². The maximum Gasteiger partial charge on any atom is 0.573 e. The maximum atomic E-state index is 12.4. The molecule has 0 bridgehead atoms. The first-order chi connectivity index (χ1) is 9.38. The lowest BCUT2D eigenvalue weighted by Crippen LogP contribution is -2.19. The summed E-state index contributed by atoms with van der Waals surface area (Å²) in [6.07, 6.45) is -2.21. The second-order valence-corrected chi connectivity index (χ2v) is 4.14. The van der Waals surface area contributed by atoms with Crippen molar-refractivity contribution in [2.24, 2.45) is 0 Å². The molecule has 0 radical (unpaired) electrons. The molecular weight excluding hydrogens is 295 g/mol. The van der Waals surface area contributed by atoms with Gasteiger partial charge in [-0.05, 0) is 24.3 Å². The highest BCUT2D eigenvalue weighted by atomic mass is 35.5. The summed E-state index contributed by atoms with van der Waals surface area (Å²) in [7, 11) is 0. The fraction of sp³-hybridized carbons (Fsp3) is 0.0769. The summed E-state index contributed by atoms with van der Waals surface area (Å²) in [6.45, 7) is 0. The molecule has 3 nitrogen and oxygen atoms in total. The second-order valence-electron chi connectivity index (χ2n) is 3.73. The van der Waals surface area contributed by atoms with Crippen LogP contribution in [0.15, 0.2) is 42.7 Å². The van der Waals surface area contributed by atoms with Crippen LogP contribution in [0.1, 0.15) is 15.9 Å². The Morgan fingerprint density at radius 1 is 1.15 bits per heavy atom. The second kappa shape index (κ2) is 5.50. The topological polar surface area (TPSA) is 39.2 Å². The van der Waals surface area contributed by atoms with E-state index in [2.05, 4.69) is 9.72 Å². The van der Waals surface area contributed by atoms with Crippen molar-refractivity contribution < 1.29 is 22.7 Å². The molecule has 1 aromatic heterocycles. The smallest absolute Gasteiger partial charge is 0.403 e. The normalized spacial score (nSPS) is 11.2. The molecule has 2 aromatic rings. The van der Waals surface area contributed by atoms with E-state index in [1.54, 1.807) is 0 Å². The zero-order valence-corrected chi connectivity index (χ0v) is 10.6. The van der Waals surface area contributed by atoms with Crippen molar-refractivity contribution in [1.82, 2.24) is 4.98 Å². The molecule has 0 aliphatic rings. The molecule has 0 atom stereocenters. The van der Waals surface area contributed by atoms with Crippen LogP contribution in [0.5, 0.6) is 5.75 Å². The summed E-state index contributed by atoms with van der Waals surface area (Å²) >= 11 is 5.68. The van der Waals surface area contributed by atoms with Crippen LogP contribution in [0.2, 0.25) is 5.02 Å². The van der Waals surface area contributed by atoms with E-state index in [9.17, 15) is 18.0 Å². The summed E-state index contributed by atoms with van der Waals surface area (Å²) < 4.78 is 40.9. The van der Waals surface area contributed by atoms with Crippen molar-refractivity contribution in [3.05, 3.63) is 58.9 Å². The van der Waals surface area contributed by atoms with Crippen molar-refractivity contribution in [3.63, 3.8) is 0 Å². The van der Waals surface area contributed by atoms with Crippen LogP contribution < -0.4 is 4.74 Å². The van der Waals surface area contributed by atoms with Crippen LogP contribution in [0.4, 0.5) is 13.2 Å². The standard InChI is InChI=1S/C13H7ClF3NO2/c14-10-3-1-2-9(12(10)20-13(15,16)17)11(19)8-4-6-18-7-5-8/h1-7H. The average molecular weight is 302 g/mol. The number of nitrogens with zero attached hydrogens (tertiary/aromatic N) is 1. The number of benzene rings is 1. The van der Waals surface area contributed by atoms with E-state index < -0.39 is 17.9 Å². The molecule has 1 aromatic carbocycles. The number of alkyl halides is 3. The zero-order valence-electron chi connectivity index (χ0n) is 9.82. The maximum absolute atomic E-state index is 12.4. The Morgan fingerprint density at radius 3 is 2.40 bits per heavy atom. The van der Waals surface area contributed by atoms with Gasteiger partial charge in [0.25, 0.3) is 0 Å². The zero-order chi connectivity index (χ0) is 14.8. The molecule has 2 rings (SSSR count). The van der Waals surface area contributed by atoms with Crippen molar-refractivity contribution in [2.75, 3.05) is 0 Å². The highest BCUT2D eigenvalue weighted by Crippen LogP contribution is 2.34. The monoisotopic (exact) mass is 301 g/mol. The third kappa shape index (κ3) is 3.27. The van der Waals surface area contributed by atoms with Crippen molar-refractivity contribution in [2.45, 2.75) is 6.36 Å². The summed E-state index contributed by atoms with van der Waals surface area (Å²) in [6, 6.07) is 6.59. The number of rotatable bonds is 3. The number of halogens is 4. The van der Waals surface area contributed by atoms with Crippen LogP contribution in [-0.4, -0.2) is 17.1 Å². The van der Waals surface area contributed by atoms with E-state index in [4.69, 9.17) is 11.6 Å². The van der Waals surface area contributed by atoms with Gasteiger partial charge in [0.05, 0.1) is 10.6 Å². The number of hydrogen-bond acceptors (Lipinski definition) is 3. The number of carbonyl (C=O) groups excluding carboxylic acids is 1. The Balaban J connectivity index is 2.47. The molecule has 0 saturated heterocycles. The molecule has 7 heteroatoms. The Bertz CT molecular complexity index is 629. The molecule has 0 unspecified atom stereocenters. The van der Waals surface area contributed by atoms with E-state index in [1.165, 1.54) is 42.7 Å². The van der Waals surface area contributed by atoms with Crippen molar-refractivity contribution in [3.8, 4) is 5.75 Å². The van der Waals surface area contributed by atoms with Crippen LogP contribution in [0, 0.1) is 0 Å². The lowest BCUT2D eigenvalue weighted by atomic mass is 10.0. The number of hydrogen-bond donors (Lipinski definition) is 0. The van der Waals surface area contributed by atoms with Gasteiger partial charge in [-0.2, -0.15) is 0 Å². The summed E-state index contributed by atoms with van der Waals surface area (Å²) in [5.74, 6) is -1.34. The Morgan fingerprint density at radius 2 is 1.80 bits per heavy atom. The van der Waals surface area contributed by atoms with E-state index in [0.717, 1.165) is 0 Å². The first-order valence-corrected chi connectivity index (χ1v) is 5.75. The first kappa shape index (κ1) is 14.3. The average Bonchev–Trinajstić information content (AvgIpc) is 2.40. The van der Waals surface area contributed by atoms with Crippen LogP contribution in [0.25, 0.3) is 0 Å². The van der Waals surface area contributed by atoms with E-state index >= 15 is 0 Å². The summed E-state index contributed by atoms with van der Waals surface area (Å²) in [4.78, 5) is 15.9. The van der Waals surface area contributed by atoms with Crippen LogP contribution in [0.3, 0.4) is 0 Å². The Kier molecular flexibility index (Phi) is 3.94. The van der Waals surface area contributed by atoms with Gasteiger partial charge in [0.15, 0.2) is 11.5 Å². The molecule has 0 fully saturated rings. The molecule has 104 valence electrons. The molecule has 0 amide bonds. The minimum absolute atomic E-state index is 0.189. The number of ketones is 1. The predicted octanol–water partition coefficient (Wildman–Crippen LogP) is 3.86. The molecule has 1 heterocycles. The molecule has 20 heavy (non-hydrogen) atoms. The third-order valence-electron chi connectivity index (χ3n) is 2.37. The van der Waals surface area contributed by atoms with Crippen molar-refractivity contribution in [1.29, 1.82) is 0 Å². The quantitative estimate of drug-likeness (QED) is 0.808. The minimum Gasteiger partial charge on any atom is -0.403 e. The summed E-state index contributed by atoms with van der Waals surface area (Å²) in [5.41, 5.74) is -0.0738. The first-order valence-electron chi connectivity index (χ1n) is 5.37. The van der Waals surface area contributed by atoms with Crippen LogP contribution >= 0.6 is 11.6 Å². The molecule has 0 saturated carbocycles. The number of para-hydroxylation sites is 1. The molecule has 0 aliphatic carbocycles. The number of ether oxygens (including phenoxy) is 1. The Hall–Kier alpha value is -2.08. The van der Waals surface area contributed by atoms with Gasteiger partial charge in [0.2, 0.25) is 0 Å². The van der Waals surface area contributed by atoms with Gasteiger partial charge >= 0.3 is 6.36 Å². The van der Waals surface area contributed by atoms with Gasteiger partial charge in [0, 0.05) is 18.0 Å². The number of carbonyl (C=O) groups is 1. The van der Waals surface area contributed by atoms with Gasteiger partial charge in [-0.15, -0.1) is 13.2 Å². The highest BCUT2D eigenvalue weighted by Gasteiger charge is 2.34. The van der Waals surface area contributed by atoms with E-state index in [-0.39, 0.29) is 16.1 Å². The van der Waals surface area contributed by atoms with Gasteiger partial charge in [-0.3, -0.25) is 9.78 Å². The molecule has 0 aliphatic heterocycles. The van der Waals surface area contributed by atoms with Gasteiger partial charge in [-0.25, -0.2) is 0 Å². The SMILES string of the molecule is O=C(c1ccncc1)c1cccc(Cl)c1OC(F)(F)F. The van der Waals surface area contributed by atoms with Crippen LogP contribution in [-0.2, 0) is 0 Å². The highest BCUT2D eigenvalue weighted by molar-refractivity contribution is 6.33. The molecule has 0 spiro atoms. The summed E-state index contributed by atoms with van der Waals surface area (Å²) in [5, 5.41) is -0.290. The largest absolute Gasteiger partial charge is 0.573 e. The predicted molar refractivity (Wildman–Crippen MR) is 65.8 cm³/mol. The number of pyridine rings is 1. The number of aromatic nitrogens is 1.